The van der Waals surface area contributed by atoms with Crippen molar-refractivity contribution in [3.63, 3.8) is 0 Å². The Morgan fingerprint density at radius 3 is 3.12 bits per heavy atom. The number of carboxylic acids is 1. The fraction of sp³-hybridized carbons (Fsp3) is 0.111. The van der Waals surface area contributed by atoms with Crippen molar-refractivity contribution in [1.29, 1.82) is 0 Å². The standard InChI is InChI=1S/C9H8BNO5/c12-9(13)5-15-7-2-1-6-4-11-16-10(14)8(6)3-7/h1-4,14H,5H2,(H,12,13). The van der Waals surface area contributed by atoms with Gasteiger partial charge in [0.1, 0.15) is 5.75 Å². The third-order valence-corrected chi connectivity index (χ3v) is 2.04. The van der Waals surface area contributed by atoms with E-state index in [-0.39, 0.29) is 0 Å². The minimum atomic E-state index is -1.15. The number of nitrogens with zero attached hydrogens (tertiary/aromatic N) is 1. The lowest BCUT2D eigenvalue weighted by atomic mass is 9.76. The molecule has 1 aliphatic rings. The van der Waals surface area contributed by atoms with E-state index in [9.17, 15) is 9.82 Å². The van der Waals surface area contributed by atoms with Crippen LogP contribution in [0.4, 0.5) is 0 Å². The zero-order valence-electron chi connectivity index (χ0n) is 8.16. The van der Waals surface area contributed by atoms with Crippen molar-refractivity contribution in [2.24, 2.45) is 5.16 Å². The van der Waals surface area contributed by atoms with Gasteiger partial charge in [-0.1, -0.05) is 0 Å². The van der Waals surface area contributed by atoms with Gasteiger partial charge in [-0.2, -0.15) is 0 Å². The Bertz CT molecular complexity index is 448. The van der Waals surface area contributed by atoms with Crippen molar-refractivity contribution in [1.82, 2.24) is 0 Å². The van der Waals surface area contributed by atoms with Crippen LogP contribution >= 0.6 is 0 Å². The maximum Gasteiger partial charge on any atom is 0.583 e. The Morgan fingerprint density at radius 1 is 1.56 bits per heavy atom. The van der Waals surface area contributed by atoms with Crippen LogP contribution in [0.15, 0.2) is 23.4 Å². The van der Waals surface area contributed by atoms with Crippen LogP contribution in [0.1, 0.15) is 5.56 Å². The molecule has 0 saturated carbocycles. The SMILES string of the molecule is O=C(O)COc1ccc2c(c1)B(O)ON=C2. The maximum atomic E-state index is 10.3. The largest absolute Gasteiger partial charge is 0.583 e. The molecule has 2 N–H and O–H groups in total. The number of carboxylic acid groups (broad SMARTS) is 1. The highest BCUT2D eigenvalue weighted by molar-refractivity contribution is 6.62. The zero-order valence-corrected chi connectivity index (χ0v) is 8.16. The molecule has 1 aromatic carbocycles. The summed E-state index contributed by atoms with van der Waals surface area (Å²) in [6.45, 7) is -0.427. The van der Waals surface area contributed by atoms with Gasteiger partial charge in [0.25, 0.3) is 0 Å². The molecule has 82 valence electrons. The highest BCUT2D eigenvalue weighted by atomic mass is 16.6. The van der Waals surface area contributed by atoms with Gasteiger partial charge in [0, 0.05) is 5.46 Å². The molecule has 0 spiro atoms. The van der Waals surface area contributed by atoms with Crippen molar-refractivity contribution in [3.8, 4) is 5.75 Å². The van der Waals surface area contributed by atoms with Crippen LogP contribution in [0.25, 0.3) is 0 Å². The van der Waals surface area contributed by atoms with Gasteiger partial charge in [-0.25, -0.2) is 4.79 Å². The third kappa shape index (κ3) is 2.14. The van der Waals surface area contributed by atoms with Gasteiger partial charge >= 0.3 is 13.1 Å². The molecule has 16 heavy (non-hydrogen) atoms. The minimum absolute atomic E-state index is 0.360. The number of benzene rings is 1. The molecule has 6 nitrogen and oxygen atoms in total. The van der Waals surface area contributed by atoms with E-state index < -0.39 is 19.7 Å². The molecule has 2 rings (SSSR count). The van der Waals surface area contributed by atoms with Gasteiger partial charge in [-0.3, -0.25) is 0 Å². The molecule has 0 amide bonds. The van der Waals surface area contributed by atoms with E-state index in [1.807, 2.05) is 0 Å². The number of aliphatic carboxylic acids is 1. The zero-order chi connectivity index (χ0) is 11.5. The summed E-state index contributed by atoms with van der Waals surface area (Å²) >= 11 is 0. The third-order valence-electron chi connectivity index (χ3n) is 2.04. The molecule has 0 saturated heterocycles. The Balaban J connectivity index is 2.21. The summed E-state index contributed by atoms with van der Waals surface area (Å²) in [5.41, 5.74) is 1.21. The number of oxime groups is 1. The fourth-order valence-corrected chi connectivity index (χ4v) is 1.32. The van der Waals surface area contributed by atoms with Crippen LogP contribution in [-0.4, -0.2) is 36.0 Å². The van der Waals surface area contributed by atoms with Gasteiger partial charge in [0.15, 0.2) is 6.61 Å². The maximum absolute atomic E-state index is 10.3. The lowest BCUT2D eigenvalue weighted by molar-refractivity contribution is -0.139. The van der Waals surface area contributed by atoms with E-state index in [2.05, 4.69) is 9.91 Å². The van der Waals surface area contributed by atoms with E-state index in [1.165, 1.54) is 12.3 Å². The molecule has 0 radical (unpaired) electrons. The second-order valence-corrected chi connectivity index (χ2v) is 3.17. The topological polar surface area (TPSA) is 88.4 Å². The average molecular weight is 221 g/mol. The molecular formula is C9H8BNO5. The summed E-state index contributed by atoms with van der Waals surface area (Å²) < 4.78 is 9.61. The summed E-state index contributed by atoms with van der Waals surface area (Å²) in [4.78, 5) is 10.3. The molecule has 0 unspecified atom stereocenters. The van der Waals surface area contributed by atoms with Gasteiger partial charge in [0.2, 0.25) is 0 Å². The van der Waals surface area contributed by atoms with E-state index in [0.29, 0.717) is 16.8 Å². The van der Waals surface area contributed by atoms with Gasteiger partial charge in [-0.05, 0) is 23.8 Å². The lowest BCUT2D eigenvalue weighted by Gasteiger charge is -2.13. The first-order chi connectivity index (χ1) is 7.66. The summed E-state index contributed by atoms with van der Waals surface area (Å²) in [7, 11) is -1.15. The van der Waals surface area contributed by atoms with Crippen LogP contribution in [0.5, 0.6) is 5.75 Å². The molecule has 0 bridgehead atoms. The van der Waals surface area contributed by atoms with Crippen LogP contribution in [0.3, 0.4) is 0 Å². The Hall–Kier alpha value is -2.02. The molecule has 1 aromatic rings. The highest BCUT2D eigenvalue weighted by Gasteiger charge is 2.25. The number of fused-ring (bicyclic) bond motifs is 1. The Morgan fingerprint density at radius 2 is 2.38 bits per heavy atom. The van der Waals surface area contributed by atoms with Gasteiger partial charge < -0.3 is 19.6 Å². The van der Waals surface area contributed by atoms with Gasteiger partial charge in [-0.15, -0.1) is 5.16 Å². The van der Waals surface area contributed by atoms with Gasteiger partial charge in [0.05, 0.1) is 6.21 Å². The van der Waals surface area contributed by atoms with E-state index in [0.717, 1.165) is 0 Å². The van der Waals surface area contributed by atoms with Crippen molar-refractivity contribution >= 4 is 24.8 Å². The summed E-state index contributed by atoms with van der Waals surface area (Å²) in [6, 6.07) is 4.79. The second kappa shape index (κ2) is 4.24. The average Bonchev–Trinajstić information content (AvgIpc) is 2.27. The summed E-state index contributed by atoms with van der Waals surface area (Å²) in [6.07, 6.45) is 1.46. The number of hydrogen-bond acceptors (Lipinski definition) is 5. The monoisotopic (exact) mass is 221 g/mol. The highest BCUT2D eigenvalue weighted by Crippen LogP contribution is 2.12. The summed E-state index contributed by atoms with van der Waals surface area (Å²) in [5.74, 6) is -0.699. The van der Waals surface area contributed by atoms with E-state index in [4.69, 9.17) is 9.84 Å². The molecule has 1 aliphatic heterocycles. The molecule has 0 atom stereocenters. The van der Waals surface area contributed by atoms with Crippen molar-refractivity contribution < 1.29 is 24.4 Å². The normalized spacial score (nSPS) is 12.9. The number of carbonyl (C=O) groups is 1. The minimum Gasteiger partial charge on any atom is -0.482 e. The van der Waals surface area contributed by atoms with Crippen molar-refractivity contribution in [3.05, 3.63) is 23.8 Å². The molecular weight excluding hydrogens is 213 g/mol. The van der Waals surface area contributed by atoms with Crippen LogP contribution in [0.2, 0.25) is 0 Å². The van der Waals surface area contributed by atoms with E-state index in [1.54, 1.807) is 12.1 Å². The Kier molecular flexibility index (Phi) is 2.78. The predicted molar refractivity (Wildman–Crippen MR) is 55.9 cm³/mol. The number of hydrogen-bond donors (Lipinski definition) is 2. The smallest absolute Gasteiger partial charge is 0.482 e. The molecule has 0 aliphatic carbocycles. The van der Waals surface area contributed by atoms with E-state index >= 15 is 0 Å². The van der Waals surface area contributed by atoms with Crippen LogP contribution in [0, 0.1) is 0 Å². The Labute approximate surface area is 91.2 Å². The lowest BCUT2D eigenvalue weighted by Crippen LogP contribution is -2.37. The first kappa shape index (κ1) is 10.5. The molecule has 0 fully saturated rings. The predicted octanol–water partition coefficient (Wildman–Crippen LogP) is -0.798. The molecule has 1 heterocycles. The molecule has 0 aromatic heterocycles. The summed E-state index contributed by atoms with van der Waals surface area (Å²) in [5, 5.41) is 21.4. The van der Waals surface area contributed by atoms with Crippen molar-refractivity contribution in [2.45, 2.75) is 0 Å². The molecule has 7 heteroatoms. The first-order valence-electron chi connectivity index (χ1n) is 4.52. The number of rotatable bonds is 3. The van der Waals surface area contributed by atoms with Crippen LogP contribution < -0.4 is 10.2 Å². The first-order valence-corrected chi connectivity index (χ1v) is 4.52. The number of ether oxygens (including phenoxy) is 1. The second-order valence-electron chi connectivity index (χ2n) is 3.17. The van der Waals surface area contributed by atoms with Crippen molar-refractivity contribution in [2.75, 3.05) is 6.61 Å². The van der Waals surface area contributed by atoms with Crippen LogP contribution in [-0.2, 0) is 9.55 Å². The fourth-order valence-electron chi connectivity index (χ4n) is 1.32. The quantitative estimate of drug-likeness (QED) is 0.652.